The Hall–Kier alpha value is -2.04. The number of hydrogen-bond donors (Lipinski definition) is 2. The van der Waals surface area contributed by atoms with Crippen LogP contribution in [0.2, 0.25) is 0 Å². The second-order valence-corrected chi connectivity index (χ2v) is 5.25. The lowest BCUT2D eigenvalue weighted by atomic mass is 10.1. The zero-order valence-corrected chi connectivity index (χ0v) is 14.2. The van der Waals surface area contributed by atoms with Gasteiger partial charge in [0.2, 0.25) is 5.91 Å². The average molecular weight is 335 g/mol. The van der Waals surface area contributed by atoms with Crippen molar-refractivity contribution in [2.24, 2.45) is 5.73 Å². The summed E-state index contributed by atoms with van der Waals surface area (Å²) in [4.78, 5) is 12.2. The molecule has 0 aliphatic carbocycles. The summed E-state index contributed by atoms with van der Waals surface area (Å²) in [6.45, 7) is 4.70. The van der Waals surface area contributed by atoms with E-state index in [1.165, 1.54) is 0 Å². The summed E-state index contributed by atoms with van der Waals surface area (Å²) in [7, 11) is 0. The first-order valence-corrected chi connectivity index (χ1v) is 7.46. The van der Waals surface area contributed by atoms with Gasteiger partial charge in [0.1, 0.15) is 11.8 Å². The van der Waals surface area contributed by atoms with Crippen LogP contribution in [0, 0.1) is 6.92 Å². The molecule has 3 N–H and O–H groups in total. The molecule has 4 nitrogen and oxygen atoms in total. The van der Waals surface area contributed by atoms with Crippen LogP contribution in [-0.2, 0) is 4.79 Å². The number of aryl methyl sites for hydroxylation is 1. The van der Waals surface area contributed by atoms with E-state index in [0.717, 1.165) is 23.3 Å². The average Bonchev–Trinajstić information content (AvgIpc) is 2.53. The number of amides is 1. The standard InChI is InChI=1S/C18H22N2O2.ClH/c1-3-11-22-16-6-4-5-15(12-16)20-18(21)17(19)14-9-7-13(2)8-10-14;/h4-10,12,17H,3,11,19H2,1-2H3,(H,20,21);1H. The molecule has 1 amide bonds. The minimum Gasteiger partial charge on any atom is -0.494 e. The molecule has 0 fully saturated rings. The predicted octanol–water partition coefficient (Wildman–Crippen LogP) is 3.84. The minimum absolute atomic E-state index is 0. The monoisotopic (exact) mass is 334 g/mol. The molecule has 0 aliphatic rings. The molecule has 124 valence electrons. The fraction of sp³-hybridized carbons (Fsp3) is 0.278. The van der Waals surface area contributed by atoms with Crippen LogP contribution in [0.25, 0.3) is 0 Å². The highest BCUT2D eigenvalue weighted by molar-refractivity contribution is 5.95. The van der Waals surface area contributed by atoms with Crippen LogP contribution in [0.1, 0.15) is 30.5 Å². The van der Waals surface area contributed by atoms with E-state index in [1.807, 2.05) is 56.3 Å². The topological polar surface area (TPSA) is 64.3 Å². The van der Waals surface area contributed by atoms with E-state index in [9.17, 15) is 4.79 Å². The van der Waals surface area contributed by atoms with E-state index in [2.05, 4.69) is 5.32 Å². The Balaban J connectivity index is 0.00000264. The molecule has 1 atom stereocenters. The summed E-state index contributed by atoms with van der Waals surface area (Å²) >= 11 is 0. The van der Waals surface area contributed by atoms with Gasteiger partial charge < -0.3 is 15.8 Å². The van der Waals surface area contributed by atoms with Crippen molar-refractivity contribution in [2.45, 2.75) is 26.3 Å². The van der Waals surface area contributed by atoms with Gasteiger partial charge in [0.05, 0.1) is 6.61 Å². The van der Waals surface area contributed by atoms with Gasteiger partial charge in [0.25, 0.3) is 0 Å². The van der Waals surface area contributed by atoms with Gasteiger partial charge in [-0.1, -0.05) is 42.8 Å². The van der Waals surface area contributed by atoms with Crippen molar-refractivity contribution >= 4 is 24.0 Å². The summed E-state index contributed by atoms with van der Waals surface area (Å²) < 4.78 is 5.55. The highest BCUT2D eigenvalue weighted by Crippen LogP contribution is 2.19. The van der Waals surface area contributed by atoms with Crippen LogP contribution >= 0.6 is 12.4 Å². The first kappa shape index (κ1) is 19.0. The summed E-state index contributed by atoms with van der Waals surface area (Å²) in [5, 5.41) is 2.83. The lowest BCUT2D eigenvalue weighted by Gasteiger charge is -2.13. The molecule has 23 heavy (non-hydrogen) atoms. The molecule has 0 aliphatic heterocycles. The van der Waals surface area contributed by atoms with E-state index < -0.39 is 6.04 Å². The Kier molecular flexibility index (Phi) is 7.59. The Morgan fingerprint density at radius 2 is 1.91 bits per heavy atom. The zero-order valence-electron chi connectivity index (χ0n) is 13.4. The molecule has 0 bridgehead atoms. The van der Waals surface area contributed by atoms with Crippen LogP contribution in [-0.4, -0.2) is 12.5 Å². The molecular weight excluding hydrogens is 312 g/mol. The molecule has 0 radical (unpaired) electrons. The van der Waals surface area contributed by atoms with Gasteiger partial charge in [-0.3, -0.25) is 4.79 Å². The van der Waals surface area contributed by atoms with Crippen molar-refractivity contribution in [3.05, 3.63) is 59.7 Å². The second kappa shape index (κ2) is 9.18. The second-order valence-electron chi connectivity index (χ2n) is 5.25. The predicted molar refractivity (Wildman–Crippen MR) is 96.2 cm³/mol. The molecular formula is C18H23ClN2O2. The Morgan fingerprint density at radius 1 is 1.22 bits per heavy atom. The van der Waals surface area contributed by atoms with Gasteiger partial charge in [0.15, 0.2) is 0 Å². The van der Waals surface area contributed by atoms with Crippen molar-refractivity contribution in [3.8, 4) is 5.75 Å². The van der Waals surface area contributed by atoms with E-state index in [0.29, 0.717) is 12.3 Å². The van der Waals surface area contributed by atoms with Crippen LogP contribution in [0.4, 0.5) is 5.69 Å². The molecule has 0 heterocycles. The molecule has 0 spiro atoms. The lowest BCUT2D eigenvalue weighted by molar-refractivity contribution is -0.117. The Morgan fingerprint density at radius 3 is 2.57 bits per heavy atom. The van der Waals surface area contributed by atoms with Gasteiger partial charge in [-0.2, -0.15) is 0 Å². The van der Waals surface area contributed by atoms with Gasteiger partial charge in [-0.15, -0.1) is 12.4 Å². The smallest absolute Gasteiger partial charge is 0.245 e. The number of rotatable bonds is 6. The maximum Gasteiger partial charge on any atom is 0.245 e. The highest BCUT2D eigenvalue weighted by atomic mass is 35.5. The lowest BCUT2D eigenvalue weighted by Crippen LogP contribution is -2.27. The summed E-state index contributed by atoms with van der Waals surface area (Å²) in [6.07, 6.45) is 0.939. The first-order chi connectivity index (χ1) is 10.6. The van der Waals surface area contributed by atoms with E-state index >= 15 is 0 Å². The van der Waals surface area contributed by atoms with Crippen LogP contribution < -0.4 is 15.8 Å². The third-order valence-corrected chi connectivity index (χ3v) is 3.29. The van der Waals surface area contributed by atoms with Gasteiger partial charge in [-0.25, -0.2) is 0 Å². The highest BCUT2D eigenvalue weighted by Gasteiger charge is 2.15. The molecule has 2 rings (SSSR count). The van der Waals surface area contributed by atoms with Gasteiger partial charge in [-0.05, 0) is 31.0 Å². The van der Waals surface area contributed by atoms with Gasteiger partial charge >= 0.3 is 0 Å². The fourth-order valence-electron chi connectivity index (χ4n) is 2.03. The third-order valence-electron chi connectivity index (χ3n) is 3.29. The maximum absolute atomic E-state index is 12.2. The number of carbonyl (C=O) groups excluding carboxylic acids is 1. The number of anilines is 1. The zero-order chi connectivity index (χ0) is 15.9. The van der Waals surface area contributed by atoms with Gasteiger partial charge in [0, 0.05) is 11.8 Å². The third kappa shape index (κ3) is 5.58. The SMILES string of the molecule is CCCOc1cccc(NC(=O)C(N)c2ccc(C)cc2)c1.Cl. The van der Waals surface area contributed by atoms with Crippen molar-refractivity contribution in [3.63, 3.8) is 0 Å². The summed E-state index contributed by atoms with van der Waals surface area (Å²) in [5.41, 5.74) is 8.62. The number of ether oxygens (including phenoxy) is 1. The number of halogens is 1. The normalized spacial score (nSPS) is 11.3. The van der Waals surface area contributed by atoms with Crippen molar-refractivity contribution in [2.75, 3.05) is 11.9 Å². The molecule has 1 unspecified atom stereocenters. The molecule has 2 aromatic carbocycles. The minimum atomic E-state index is -0.694. The molecule has 5 heteroatoms. The summed E-state index contributed by atoms with van der Waals surface area (Å²) in [6, 6.07) is 14.3. The number of carbonyl (C=O) groups is 1. The van der Waals surface area contributed by atoms with Crippen molar-refractivity contribution < 1.29 is 9.53 Å². The van der Waals surface area contributed by atoms with E-state index in [1.54, 1.807) is 6.07 Å². The molecule has 0 saturated heterocycles. The van der Waals surface area contributed by atoms with Crippen molar-refractivity contribution in [1.82, 2.24) is 0 Å². The number of nitrogens with one attached hydrogen (secondary N) is 1. The Labute approximate surface area is 143 Å². The number of benzene rings is 2. The molecule has 0 saturated carbocycles. The quantitative estimate of drug-likeness (QED) is 0.843. The van der Waals surface area contributed by atoms with Crippen LogP contribution in [0.15, 0.2) is 48.5 Å². The largest absolute Gasteiger partial charge is 0.494 e. The van der Waals surface area contributed by atoms with Crippen LogP contribution in [0.3, 0.4) is 0 Å². The molecule has 0 aromatic heterocycles. The van der Waals surface area contributed by atoms with E-state index in [4.69, 9.17) is 10.5 Å². The summed E-state index contributed by atoms with van der Waals surface area (Å²) in [5.74, 6) is 0.500. The van der Waals surface area contributed by atoms with Crippen molar-refractivity contribution in [1.29, 1.82) is 0 Å². The fourth-order valence-corrected chi connectivity index (χ4v) is 2.03. The number of nitrogens with two attached hydrogens (primary N) is 1. The van der Waals surface area contributed by atoms with Crippen LogP contribution in [0.5, 0.6) is 5.75 Å². The molecule has 2 aromatic rings. The van der Waals surface area contributed by atoms with E-state index in [-0.39, 0.29) is 18.3 Å². The Bertz CT molecular complexity index is 629. The maximum atomic E-state index is 12.2. The number of hydrogen-bond acceptors (Lipinski definition) is 3. The first-order valence-electron chi connectivity index (χ1n) is 7.46.